The van der Waals surface area contributed by atoms with Gasteiger partial charge in [-0.3, -0.25) is 0 Å². The summed E-state index contributed by atoms with van der Waals surface area (Å²) in [6.07, 6.45) is 33.8. The van der Waals surface area contributed by atoms with Crippen molar-refractivity contribution in [3.8, 4) is 142 Å². The highest BCUT2D eigenvalue weighted by Gasteiger charge is 2.11. The van der Waals surface area contributed by atoms with Crippen LogP contribution in [-0.2, 0) is 0 Å². The lowest BCUT2D eigenvalue weighted by molar-refractivity contribution is 0.482. The van der Waals surface area contributed by atoms with Crippen LogP contribution in [0.2, 0.25) is 0 Å². The van der Waals surface area contributed by atoms with E-state index < -0.39 is 0 Å². The topological polar surface area (TPSA) is 27.7 Å². The monoisotopic (exact) mass is 726 g/mol. The van der Waals surface area contributed by atoms with E-state index in [9.17, 15) is 0 Å². The van der Waals surface area contributed by atoms with Crippen LogP contribution in [-0.4, -0.2) is 0 Å². The normalized spacial score (nSPS) is 10.0. The standard InChI is InChI=1S/C54H30O3/c1-7-37-25-38(8-2)29-52(28-37)55-49-19-13-43(14-20-49)46-34-47(44-15-21-50(22-16-44)56-53-30-39(9-3)26-40(10-4)31-53)36-48(35-46)45-17-23-51(24-18-45)57-54-32-41(11-5)27-42(12-6)33-54/h1-6,13-36H. The molecule has 0 heterocycles. The predicted octanol–water partition coefficient (Wildman–Crippen LogP) is 12.0. The number of ether oxygens (including phenoxy) is 3. The molecule has 3 nitrogen and oxygen atoms in total. The molecule has 3 heteroatoms. The zero-order chi connectivity index (χ0) is 39.7. The van der Waals surface area contributed by atoms with E-state index in [1.54, 1.807) is 54.6 Å². The molecule has 7 aromatic carbocycles. The zero-order valence-electron chi connectivity index (χ0n) is 30.5. The molecule has 0 aliphatic heterocycles. The molecule has 0 aliphatic rings. The van der Waals surface area contributed by atoms with Crippen molar-refractivity contribution < 1.29 is 14.2 Å². The van der Waals surface area contributed by atoms with Crippen molar-refractivity contribution in [3.05, 3.63) is 179 Å². The second-order valence-electron chi connectivity index (χ2n) is 12.8. The molecule has 0 fully saturated rings. The van der Waals surface area contributed by atoms with Gasteiger partial charge in [-0.15, -0.1) is 38.5 Å². The minimum absolute atomic E-state index is 0.566. The molecule has 0 unspecified atom stereocenters. The summed E-state index contributed by atoms with van der Waals surface area (Å²) < 4.78 is 18.4. The Morgan fingerprint density at radius 3 is 0.632 bits per heavy atom. The van der Waals surface area contributed by atoms with Gasteiger partial charge in [-0.05, 0) is 143 Å². The zero-order valence-corrected chi connectivity index (χ0v) is 30.5. The van der Waals surface area contributed by atoms with Crippen molar-refractivity contribution in [1.29, 1.82) is 0 Å². The van der Waals surface area contributed by atoms with Crippen LogP contribution >= 0.6 is 0 Å². The summed E-state index contributed by atoms with van der Waals surface area (Å²) in [6, 6.07) is 46.0. The molecule has 7 rings (SSSR count). The fraction of sp³-hybridized carbons (Fsp3) is 0. The average molecular weight is 727 g/mol. The second-order valence-corrected chi connectivity index (χ2v) is 12.8. The van der Waals surface area contributed by atoms with Crippen LogP contribution in [0.3, 0.4) is 0 Å². The van der Waals surface area contributed by atoms with E-state index in [1.807, 2.05) is 72.8 Å². The van der Waals surface area contributed by atoms with E-state index >= 15 is 0 Å². The maximum Gasteiger partial charge on any atom is 0.129 e. The molecular formula is C54H30O3. The van der Waals surface area contributed by atoms with E-state index in [0.29, 0.717) is 67.9 Å². The van der Waals surface area contributed by atoms with Crippen LogP contribution < -0.4 is 14.2 Å². The van der Waals surface area contributed by atoms with Crippen molar-refractivity contribution in [2.75, 3.05) is 0 Å². The van der Waals surface area contributed by atoms with Gasteiger partial charge in [0.25, 0.3) is 0 Å². The van der Waals surface area contributed by atoms with Gasteiger partial charge in [0.15, 0.2) is 0 Å². The van der Waals surface area contributed by atoms with Crippen molar-refractivity contribution >= 4 is 0 Å². The van der Waals surface area contributed by atoms with Gasteiger partial charge in [-0.25, -0.2) is 0 Å². The summed E-state index contributed by atoms with van der Waals surface area (Å²) in [5, 5.41) is 0. The molecule has 0 spiro atoms. The summed E-state index contributed by atoms with van der Waals surface area (Å²) in [5.41, 5.74) is 9.84. The molecule has 0 atom stereocenters. The van der Waals surface area contributed by atoms with Crippen molar-refractivity contribution in [2.45, 2.75) is 0 Å². The summed E-state index contributed by atoms with van der Waals surface area (Å²) in [4.78, 5) is 0. The Bertz CT molecular complexity index is 2470. The van der Waals surface area contributed by atoms with Crippen molar-refractivity contribution in [1.82, 2.24) is 0 Å². The summed E-state index contributed by atoms with van der Waals surface area (Å²) in [6.45, 7) is 0. The van der Waals surface area contributed by atoms with E-state index in [4.69, 9.17) is 52.8 Å². The Balaban J connectivity index is 1.21. The average Bonchev–Trinajstić information content (AvgIpc) is 3.26. The lowest BCUT2D eigenvalue weighted by atomic mass is 9.93. The van der Waals surface area contributed by atoms with Gasteiger partial charge in [0.2, 0.25) is 0 Å². The summed E-state index contributed by atoms with van der Waals surface area (Å²) >= 11 is 0. The smallest absolute Gasteiger partial charge is 0.129 e. The third kappa shape index (κ3) is 8.75. The molecule has 264 valence electrons. The Kier molecular flexibility index (Phi) is 10.6. The Labute approximate surface area is 333 Å². The molecule has 0 bridgehead atoms. The quantitative estimate of drug-likeness (QED) is 0.139. The van der Waals surface area contributed by atoms with Crippen LogP contribution in [0.15, 0.2) is 146 Å². The lowest BCUT2D eigenvalue weighted by Crippen LogP contribution is -1.90. The summed E-state index contributed by atoms with van der Waals surface area (Å²) in [5.74, 6) is 19.4. The Morgan fingerprint density at radius 1 is 0.228 bits per heavy atom. The van der Waals surface area contributed by atoms with Gasteiger partial charge in [0.1, 0.15) is 34.5 Å². The van der Waals surface area contributed by atoms with Gasteiger partial charge >= 0.3 is 0 Å². The highest BCUT2D eigenvalue weighted by Crippen LogP contribution is 2.36. The molecule has 0 N–H and O–H groups in total. The number of hydrogen-bond acceptors (Lipinski definition) is 3. The molecule has 0 saturated heterocycles. The number of terminal acetylenes is 6. The van der Waals surface area contributed by atoms with Gasteiger partial charge in [0, 0.05) is 33.4 Å². The number of benzene rings is 7. The third-order valence-electron chi connectivity index (χ3n) is 8.92. The minimum Gasteiger partial charge on any atom is -0.457 e. The van der Waals surface area contributed by atoms with Gasteiger partial charge < -0.3 is 14.2 Å². The third-order valence-corrected chi connectivity index (χ3v) is 8.92. The van der Waals surface area contributed by atoms with Crippen LogP contribution in [0, 0.1) is 74.1 Å². The van der Waals surface area contributed by atoms with Crippen molar-refractivity contribution in [3.63, 3.8) is 0 Å². The molecule has 7 aromatic rings. The number of rotatable bonds is 9. The highest BCUT2D eigenvalue weighted by atomic mass is 16.5. The van der Waals surface area contributed by atoms with Gasteiger partial charge in [-0.2, -0.15) is 0 Å². The maximum atomic E-state index is 6.15. The number of hydrogen-bond donors (Lipinski definition) is 0. The fourth-order valence-electron chi connectivity index (χ4n) is 6.16. The second kappa shape index (κ2) is 16.5. The first-order valence-corrected chi connectivity index (χ1v) is 17.6. The molecular weight excluding hydrogens is 697 g/mol. The molecule has 0 radical (unpaired) electrons. The highest BCUT2D eigenvalue weighted by molar-refractivity contribution is 5.81. The largest absolute Gasteiger partial charge is 0.457 e. The first-order valence-electron chi connectivity index (χ1n) is 17.6. The first-order chi connectivity index (χ1) is 27.8. The SMILES string of the molecule is C#Cc1cc(C#C)cc(Oc2ccc(-c3cc(-c4ccc(Oc5cc(C#C)cc(C#C)c5)cc4)cc(-c4ccc(Oc5cc(C#C)cc(C#C)c5)cc4)c3)cc2)c1. The van der Waals surface area contributed by atoms with Crippen LogP contribution in [0.5, 0.6) is 34.5 Å². The van der Waals surface area contributed by atoms with E-state index in [1.165, 1.54) is 0 Å². The van der Waals surface area contributed by atoms with Crippen LogP contribution in [0.25, 0.3) is 33.4 Å². The minimum atomic E-state index is 0.566. The van der Waals surface area contributed by atoms with Crippen LogP contribution in [0.1, 0.15) is 33.4 Å². The van der Waals surface area contributed by atoms with E-state index in [2.05, 4.69) is 53.7 Å². The predicted molar refractivity (Wildman–Crippen MR) is 230 cm³/mol. The molecule has 0 aliphatic carbocycles. The lowest BCUT2D eigenvalue weighted by Gasteiger charge is -2.14. The Morgan fingerprint density at radius 2 is 0.439 bits per heavy atom. The summed E-state index contributed by atoms with van der Waals surface area (Å²) in [7, 11) is 0. The van der Waals surface area contributed by atoms with E-state index in [-0.39, 0.29) is 0 Å². The first kappa shape index (κ1) is 36.6. The molecule has 0 aromatic heterocycles. The molecule has 57 heavy (non-hydrogen) atoms. The van der Waals surface area contributed by atoms with Gasteiger partial charge in [0.05, 0.1) is 0 Å². The van der Waals surface area contributed by atoms with Crippen LogP contribution in [0.4, 0.5) is 0 Å². The van der Waals surface area contributed by atoms with Gasteiger partial charge in [-0.1, -0.05) is 71.9 Å². The van der Waals surface area contributed by atoms with Crippen molar-refractivity contribution in [2.24, 2.45) is 0 Å². The Hall–Kier alpha value is -8.70. The molecule has 0 saturated carbocycles. The maximum absolute atomic E-state index is 6.15. The molecule has 0 amide bonds. The fourth-order valence-corrected chi connectivity index (χ4v) is 6.16. The van der Waals surface area contributed by atoms with E-state index in [0.717, 1.165) is 33.4 Å².